The second kappa shape index (κ2) is 15.4. The molecule has 2 aromatic rings. The lowest BCUT2D eigenvalue weighted by Crippen LogP contribution is -2.57. The first-order valence-electron chi connectivity index (χ1n) is 16.1. The standard InChI is InChI=1S/C36H41BrClN3O7/c1-4-6-16-27(43)39-21-26(23-13-8-7-9-14-23)47-35(46)28-29-33(44)41(18-11-19-42)32(36(29)20-24(37)31(28)48-36)34(45)40(17-5-2)30-22(3)12-10-15-25(30)38/h4-5,7-10,12-15,24,26,28-29,31-32,42H,1-2,6,11,16-21H2,3H3,(H,39,43)/t24?,26-,28+,29-,31+,32+,36-/m0/s1. The van der Waals surface area contributed by atoms with Crippen LogP contribution in [0.1, 0.15) is 42.9 Å². The first-order chi connectivity index (χ1) is 23.1. The summed E-state index contributed by atoms with van der Waals surface area (Å²) in [5.74, 6) is -3.72. The average Bonchev–Trinajstić information content (AvgIpc) is 3.67. The van der Waals surface area contributed by atoms with E-state index in [1.807, 2.05) is 31.2 Å². The molecule has 0 aliphatic carbocycles. The van der Waals surface area contributed by atoms with Gasteiger partial charge in [-0.2, -0.15) is 0 Å². The summed E-state index contributed by atoms with van der Waals surface area (Å²) in [6.45, 7) is 9.38. The number of nitrogens with one attached hydrogen (secondary N) is 1. The number of para-hydroxylation sites is 1. The van der Waals surface area contributed by atoms with Crippen LogP contribution in [0.5, 0.6) is 0 Å². The molecule has 2 N–H and O–H groups in total. The number of carbonyl (C=O) groups excluding carboxylic acids is 4. The molecule has 0 aromatic heterocycles. The summed E-state index contributed by atoms with van der Waals surface area (Å²) in [5, 5.41) is 12.9. The molecule has 5 rings (SSSR count). The van der Waals surface area contributed by atoms with Gasteiger partial charge in [-0.15, -0.1) is 13.2 Å². The smallest absolute Gasteiger partial charge is 0.313 e. The van der Waals surface area contributed by atoms with Crippen molar-refractivity contribution < 1.29 is 33.8 Å². The molecular weight excluding hydrogens is 702 g/mol. The Kier molecular flexibility index (Phi) is 11.5. The molecule has 3 heterocycles. The van der Waals surface area contributed by atoms with E-state index in [0.717, 1.165) is 5.56 Å². The molecule has 1 unspecified atom stereocenters. The number of alkyl halides is 1. The van der Waals surface area contributed by atoms with Crippen LogP contribution in [0.15, 0.2) is 73.8 Å². The molecule has 2 bridgehead atoms. The molecule has 0 saturated carbocycles. The fourth-order valence-electron chi connectivity index (χ4n) is 7.33. The Morgan fingerprint density at radius 3 is 2.62 bits per heavy atom. The van der Waals surface area contributed by atoms with Crippen LogP contribution < -0.4 is 10.2 Å². The van der Waals surface area contributed by atoms with Gasteiger partial charge in [-0.05, 0) is 43.4 Å². The monoisotopic (exact) mass is 741 g/mol. The number of aliphatic hydroxyl groups is 1. The van der Waals surface area contributed by atoms with Gasteiger partial charge in [0, 0.05) is 30.9 Å². The first-order valence-corrected chi connectivity index (χ1v) is 17.4. The summed E-state index contributed by atoms with van der Waals surface area (Å²) in [6.07, 6.45) is 2.95. The Hall–Kier alpha value is -3.51. The van der Waals surface area contributed by atoms with Crippen LogP contribution in [0.25, 0.3) is 0 Å². The zero-order valence-corrected chi connectivity index (χ0v) is 29.2. The maximum Gasteiger partial charge on any atom is 0.313 e. The number of carbonyl (C=O) groups is 4. The predicted molar refractivity (Wildman–Crippen MR) is 186 cm³/mol. The summed E-state index contributed by atoms with van der Waals surface area (Å²) >= 11 is 10.3. The van der Waals surface area contributed by atoms with Gasteiger partial charge < -0.3 is 29.7 Å². The Labute approximate surface area is 294 Å². The van der Waals surface area contributed by atoms with Crippen molar-refractivity contribution in [1.29, 1.82) is 0 Å². The number of allylic oxidation sites excluding steroid dienone is 1. The van der Waals surface area contributed by atoms with E-state index in [-0.39, 0.29) is 49.8 Å². The number of hydrogen-bond donors (Lipinski definition) is 2. The summed E-state index contributed by atoms with van der Waals surface area (Å²) in [5.41, 5.74) is 0.591. The third-order valence-electron chi connectivity index (χ3n) is 9.38. The van der Waals surface area contributed by atoms with E-state index in [4.69, 9.17) is 21.1 Å². The van der Waals surface area contributed by atoms with Gasteiger partial charge >= 0.3 is 5.97 Å². The first kappa shape index (κ1) is 35.8. The Bertz CT molecular complexity index is 1540. The number of nitrogens with zero attached hydrogens (tertiary/aromatic N) is 2. The second-order valence-electron chi connectivity index (χ2n) is 12.4. The van der Waals surface area contributed by atoms with Crippen molar-refractivity contribution in [2.24, 2.45) is 11.8 Å². The number of aliphatic hydroxyl groups excluding tert-OH is 1. The van der Waals surface area contributed by atoms with E-state index < -0.39 is 53.5 Å². The number of esters is 1. The molecule has 0 radical (unpaired) electrons. The van der Waals surface area contributed by atoms with Crippen molar-refractivity contribution in [1.82, 2.24) is 10.2 Å². The largest absolute Gasteiger partial charge is 0.455 e. The molecule has 3 aliphatic heterocycles. The van der Waals surface area contributed by atoms with E-state index >= 15 is 0 Å². The molecule has 10 nitrogen and oxygen atoms in total. The highest BCUT2D eigenvalue weighted by atomic mass is 79.9. The summed E-state index contributed by atoms with van der Waals surface area (Å²) in [4.78, 5) is 58.4. The number of likely N-dealkylation sites (tertiary alicyclic amines) is 1. The minimum Gasteiger partial charge on any atom is -0.455 e. The number of ether oxygens (including phenoxy) is 2. The van der Waals surface area contributed by atoms with Gasteiger partial charge in [0.25, 0.3) is 5.91 Å². The SMILES string of the molecule is C=CCCC(=O)NC[C@H](OC(=O)[C@H]1[C@@H]2O[C@@]3(CC2Br)[C@@H]1C(=O)N(CCCO)[C@@H]3C(=O)N(CC=C)c1c(C)cccc1Cl)c1ccccc1. The number of aryl methyl sites for hydroxylation is 1. The molecule has 1 spiro atoms. The second-order valence-corrected chi connectivity index (χ2v) is 14.0. The molecule has 3 saturated heterocycles. The van der Waals surface area contributed by atoms with Crippen LogP contribution in [-0.2, 0) is 28.7 Å². The highest BCUT2D eigenvalue weighted by Gasteiger charge is 2.77. The van der Waals surface area contributed by atoms with Crippen molar-refractivity contribution in [3.8, 4) is 0 Å². The number of rotatable bonds is 15. The third kappa shape index (κ3) is 6.70. The fraction of sp³-hybridized carbons (Fsp3) is 0.444. The van der Waals surface area contributed by atoms with Gasteiger partial charge in [-0.1, -0.05) is 82.1 Å². The number of benzene rings is 2. The van der Waals surface area contributed by atoms with Crippen molar-refractivity contribution in [3.05, 3.63) is 90.0 Å². The lowest BCUT2D eigenvalue weighted by Gasteiger charge is -2.37. The number of fused-ring (bicyclic) bond motifs is 1. The molecular formula is C36H41BrClN3O7. The molecule has 3 aliphatic rings. The van der Waals surface area contributed by atoms with Gasteiger partial charge in [0.1, 0.15) is 17.7 Å². The molecule has 3 amide bonds. The van der Waals surface area contributed by atoms with Crippen molar-refractivity contribution in [2.75, 3.05) is 31.1 Å². The minimum atomic E-state index is -1.35. The normalized spacial score (nSPS) is 26.1. The fourth-order valence-corrected chi connectivity index (χ4v) is 8.60. The minimum absolute atomic E-state index is 0.0307. The lowest BCUT2D eigenvalue weighted by atomic mass is 9.70. The molecule has 7 atom stereocenters. The maximum atomic E-state index is 14.8. The Morgan fingerprint density at radius 2 is 1.96 bits per heavy atom. The van der Waals surface area contributed by atoms with E-state index in [1.165, 1.54) is 9.80 Å². The lowest BCUT2D eigenvalue weighted by molar-refractivity contribution is -0.160. The molecule has 3 fully saturated rings. The van der Waals surface area contributed by atoms with Crippen molar-refractivity contribution in [3.63, 3.8) is 0 Å². The van der Waals surface area contributed by atoms with Gasteiger partial charge in [0.15, 0.2) is 0 Å². The Morgan fingerprint density at radius 1 is 1.21 bits per heavy atom. The van der Waals surface area contributed by atoms with Gasteiger partial charge in [0.05, 0.1) is 35.2 Å². The summed E-state index contributed by atoms with van der Waals surface area (Å²) < 4.78 is 12.8. The third-order valence-corrected chi connectivity index (χ3v) is 10.5. The van der Waals surface area contributed by atoms with Crippen LogP contribution in [0, 0.1) is 18.8 Å². The van der Waals surface area contributed by atoms with Crippen molar-refractivity contribution in [2.45, 2.75) is 61.3 Å². The number of halogens is 2. The predicted octanol–water partition coefficient (Wildman–Crippen LogP) is 4.66. The zero-order chi connectivity index (χ0) is 34.6. The summed E-state index contributed by atoms with van der Waals surface area (Å²) in [7, 11) is 0. The highest BCUT2D eigenvalue weighted by Crippen LogP contribution is 2.60. The zero-order valence-electron chi connectivity index (χ0n) is 26.9. The van der Waals surface area contributed by atoms with Crippen molar-refractivity contribution >= 4 is 56.9 Å². The molecule has 12 heteroatoms. The number of anilines is 1. The Balaban J connectivity index is 1.49. The van der Waals surface area contributed by atoms with E-state index in [1.54, 1.807) is 36.4 Å². The quantitative estimate of drug-likeness (QED) is 0.155. The average molecular weight is 743 g/mol. The molecule has 2 aromatic carbocycles. The van der Waals surface area contributed by atoms with E-state index in [2.05, 4.69) is 34.4 Å². The summed E-state index contributed by atoms with van der Waals surface area (Å²) in [6, 6.07) is 13.3. The maximum absolute atomic E-state index is 14.8. The van der Waals surface area contributed by atoms with Gasteiger partial charge in [-0.3, -0.25) is 19.2 Å². The van der Waals surface area contributed by atoms with Crippen LogP contribution in [0.4, 0.5) is 5.69 Å². The van der Waals surface area contributed by atoms with Crippen LogP contribution in [0.3, 0.4) is 0 Å². The van der Waals surface area contributed by atoms with Crippen LogP contribution in [-0.4, -0.2) is 82.5 Å². The topological polar surface area (TPSA) is 125 Å². The number of hydrogen-bond acceptors (Lipinski definition) is 7. The van der Waals surface area contributed by atoms with Crippen LogP contribution in [0.2, 0.25) is 5.02 Å². The number of amides is 3. The molecule has 256 valence electrons. The van der Waals surface area contributed by atoms with Gasteiger partial charge in [0.2, 0.25) is 11.8 Å². The highest BCUT2D eigenvalue weighted by molar-refractivity contribution is 9.09. The van der Waals surface area contributed by atoms with Crippen LogP contribution >= 0.6 is 27.5 Å². The van der Waals surface area contributed by atoms with E-state index in [0.29, 0.717) is 29.1 Å². The molecule has 48 heavy (non-hydrogen) atoms. The van der Waals surface area contributed by atoms with Gasteiger partial charge in [-0.25, -0.2) is 0 Å². The van der Waals surface area contributed by atoms with E-state index in [9.17, 15) is 24.3 Å².